The number of amides is 3. The molecule has 1 fully saturated rings. The lowest BCUT2D eigenvalue weighted by atomic mass is 10.0. The van der Waals surface area contributed by atoms with Gasteiger partial charge >= 0.3 is 12.2 Å². The molecule has 1 aromatic heterocycles. The summed E-state index contributed by atoms with van der Waals surface area (Å²) in [5.41, 5.74) is 4.94. The average Bonchev–Trinajstić information content (AvgIpc) is 3.27. The van der Waals surface area contributed by atoms with Crippen LogP contribution in [0.25, 0.3) is 0 Å². The van der Waals surface area contributed by atoms with E-state index in [1.165, 1.54) is 0 Å². The average molecular weight is 471 g/mol. The summed E-state index contributed by atoms with van der Waals surface area (Å²) in [6, 6.07) is -1.27. The third kappa shape index (κ3) is 4.56. The van der Waals surface area contributed by atoms with Crippen LogP contribution >= 0.6 is 22.9 Å². The van der Waals surface area contributed by atoms with Gasteiger partial charge < -0.3 is 20.7 Å². The van der Waals surface area contributed by atoms with Crippen LogP contribution in [0.4, 0.5) is 26.7 Å². The minimum atomic E-state index is -4.61. The van der Waals surface area contributed by atoms with Crippen molar-refractivity contribution < 1.29 is 36.3 Å². The molecule has 0 saturated carbocycles. The third-order valence-electron chi connectivity index (χ3n) is 4.08. The maximum absolute atomic E-state index is 14.7. The Morgan fingerprint density at radius 3 is 2.73 bits per heavy atom. The Hall–Kier alpha value is -2.67. The molecule has 1 aliphatic heterocycles. The highest BCUT2D eigenvalue weighted by Gasteiger charge is 2.40. The highest BCUT2D eigenvalue weighted by molar-refractivity contribution is 7.13. The second-order valence-corrected chi connectivity index (χ2v) is 7.56. The number of nitrogens with one attached hydrogen (secondary N) is 1. The zero-order chi connectivity index (χ0) is 22.2. The molecule has 1 aliphatic rings. The van der Waals surface area contributed by atoms with Crippen molar-refractivity contribution in [2.45, 2.75) is 18.3 Å². The Morgan fingerprint density at radius 1 is 1.43 bits per heavy atom. The van der Waals surface area contributed by atoms with Gasteiger partial charge in [0.1, 0.15) is 22.7 Å². The summed E-state index contributed by atoms with van der Waals surface area (Å²) < 4.78 is 70.0. The van der Waals surface area contributed by atoms with Crippen LogP contribution < -0.4 is 15.8 Å². The highest BCUT2D eigenvalue weighted by atomic mass is 35.5. The second-order valence-electron chi connectivity index (χ2n) is 6.16. The maximum Gasteiger partial charge on any atom is 0.422 e. The van der Waals surface area contributed by atoms with E-state index in [0.717, 1.165) is 23.2 Å². The molecule has 3 rings (SSSR count). The quantitative estimate of drug-likeness (QED) is 0.501. The fraction of sp³-hybridized carbons (Fsp3) is 0.312. The minimum Gasteiger partial charge on any atom is -0.460 e. The summed E-state index contributed by atoms with van der Waals surface area (Å²) in [5, 5.41) is 1.09. The number of carbonyl (C=O) groups excluding carboxylic acids is 2. The fourth-order valence-electron chi connectivity index (χ4n) is 2.77. The molecule has 2 aromatic rings. The standard InChI is InChI=1S/C16H12ClF5N4O3S/c17-10-7(18)2-1-6(11(10)19)12(26-4-8(13(23)27)25-14(26)28)9-3-24-15(30-9)29-5-16(20,21)22/h1-3,8,12H,4-5H2,(H2,23,27)(H,25,28)/t8?,12-/m0/s1. The van der Waals surface area contributed by atoms with Crippen LogP contribution in [0, 0.1) is 11.6 Å². The Labute approximate surface area is 174 Å². The Kier molecular flexibility index (Phi) is 6.04. The Balaban J connectivity index is 2.01. The molecule has 0 bridgehead atoms. The zero-order valence-corrected chi connectivity index (χ0v) is 16.2. The predicted octanol–water partition coefficient (Wildman–Crippen LogP) is 2.98. The third-order valence-corrected chi connectivity index (χ3v) is 5.39. The van der Waals surface area contributed by atoms with Crippen LogP contribution in [-0.2, 0) is 4.79 Å². The van der Waals surface area contributed by atoms with Crippen LogP contribution in [0.15, 0.2) is 18.3 Å². The molecule has 14 heteroatoms. The van der Waals surface area contributed by atoms with E-state index in [9.17, 15) is 31.5 Å². The molecular formula is C16H12ClF5N4O3S. The van der Waals surface area contributed by atoms with Gasteiger partial charge in [0.2, 0.25) is 5.91 Å². The van der Waals surface area contributed by atoms with Gasteiger partial charge in [-0.2, -0.15) is 13.2 Å². The maximum atomic E-state index is 14.7. The van der Waals surface area contributed by atoms with Crippen molar-refractivity contribution in [1.29, 1.82) is 0 Å². The van der Waals surface area contributed by atoms with Crippen LogP contribution in [-0.4, -0.2) is 47.2 Å². The van der Waals surface area contributed by atoms with Crippen molar-refractivity contribution >= 4 is 34.9 Å². The van der Waals surface area contributed by atoms with Gasteiger partial charge in [-0.1, -0.05) is 29.0 Å². The number of hydrogen-bond donors (Lipinski definition) is 2. The van der Waals surface area contributed by atoms with Gasteiger partial charge in [-0.05, 0) is 6.07 Å². The van der Waals surface area contributed by atoms with Crippen molar-refractivity contribution in [2.24, 2.45) is 5.73 Å². The topological polar surface area (TPSA) is 97.6 Å². The van der Waals surface area contributed by atoms with Gasteiger partial charge in [0, 0.05) is 11.8 Å². The van der Waals surface area contributed by atoms with E-state index in [2.05, 4.69) is 15.0 Å². The first-order valence-corrected chi connectivity index (χ1v) is 9.32. The first-order valence-electron chi connectivity index (χ1n) is 8.13. The zero-order valence-electron chi connectivity index (χ0n) is 14.7. The molecule has 1 saturated heterocycles. The van der Waals surface area contributed by atoms with Gasteiger partial charge in [0.25, 0.3) is 5.19 Å². The van der Waals surface area contributed by atoms with E-state index in [1.807, 2.05) is 0 Å². The molecular weight excluding hydrogens is 459 g/mol. The molecule has 7 nitrogen and oxygen atoms in total. The van der Waals surface area contributed by atoms with Gasteiger partial charge in [0.15, 0.2) is 6.61 Å². The summed E-state index contributed by atoms with van der Waals surface area (Å²) in [6.07, 6.45) is -3.52. The molecule has 1 aromatic carbocycles. The van der Waals surface area contributed by atoms with E-state index >= 15 is 0 Å². The second kappa shape index (κ2) is 8.22. The van der Waals surface area contributed by atoms with E-state index in [-0.39, 0.29) is 22.2 Å². The summed E-state index contributed by atoms with van der Waals surface area (Å²) in [6.45, 7) is -1.88. The van der Waals surface area contributed by atoms with Crippen LogP contribution in [0.1, 0.15) is 16.5 Å². The normalized spacial score (nSPS) is 17.7. The van der Waals surface area contributed by atoms with Crippen molar-refractivity contribution in [2.75, 3.05) is 13.2 Å². The number of carbonyl (C=O) groups is 2. The summed E-state index contributed by atoms with van der Waals surface area (Å²) in [4.78, 5) is 28.6. The number of halogens is 6. The number of ether oxygens (including phenoxy) is 1. The van der Waals surface area contributed by atoms with E-state index < -0.39 is 53.5 Å². The first kappa shape index (κ1) is 22.0. The Bertz CT molecular complexity index is 986. The number of primary amides is 1. The summed E-state index contributed by atoms with van der Waals surface area (Å²) in [7, 11) is 0. The molecule has 0 aliphatic carbocycles. The minimum absolute atomic E-state index is 0.0917. The number of urea groups is 1. The summed E-state index contributed by atoms with van der Waals surface area (Å²) in [5.74, 6) is -3.07. The predicted molar refractivity (Wildman–Crippen MR) is 95.1 cm³/mol. The van der Waals surface area contributed by atoms with Gasteiger partial charge in [0.05, 0.1) is 17.5 Å². The van der Waals surface area contributed by atoms with Crippen LogP contribution in [0.5, 0.6) is 5.19 Å². The van der Waals surface area contributed by atoms with Gasteiger partial charge in [-0.3, -0.25) is 4.79 Å². The fourth-order valence-corrected chi connectivity index (χ4v) is 3.84. The van der Waals surface area contributed by atoms with Crippen molar-refractivity contribution in [3.63, 3.8) is 0 Å². The molecule has 2 atom stereocenters. The number of thiazole rings is 1. The molecule has 30 heavy (non-hydrogen) atoms. The van der Waals surface area contributed by atoms with E-state index in [4.69, 9.17) is 17.3 Å². The number of aromatic nitrogens is 1. The van der Waals surface area contributed by atoms with Crippen LogP contribution in [0.2, 0.25) is 5.02 Å². The number of nitrogens with two attached hydrogens (primary N) is 1. The number of rotatable bonds is 6. The monoisotopic (exact) mass is 470 g/mol. The van der Waals surface area contributed by atoms with Gasteiger partial charge in [-0.25, -0.2) is 18.6 Å². The lowest BCUT2D eigenvalue weighted by molar-refractivity contribution is -0.153. The number of nitrogens with zero attached hydrogens (tertiary/aromatic N) is 2. The lowest BCUT2D eigenvalue weighted by Crippen LogP contribution is -2.39. The number of benzene rings is 1. The SMILES string of the molecule is NC(=O)C1CN([C@H](c2cnc(OCC(F)(F)F)s2)c2ccc(F)c(Cl)c2F)C(=O)N1. The lowest BCUT2D eigenvalue weighted by Gasteiger charge is -2.26. The Morgan fingerprint density at radius 2 is 2.13 bits per heavy atom. The smallest absolute Gasteiger partial charge is 0.422 e. The highest BCUT2D eigenvalue weighted by Crippen LogP contribution is 2.39. The van der Waals surface area contributed by atoms with E-state index in [1.54, 1.807) is 0 Å². The number of hydrogen-bond acceptors (Lipinski definition) is 5. The molecule has 0 radical (unpaired) electrons. The molecule has 0 spiro atoms. The largest absolute Gasteiger partial charge is 0.460 e. The number of alkyl halides is 3. The van der Waals surface area contributed by atoms with E-state index in [0.29, 0.717) is 11.3 Å². The first-order chi connectivity index (χ1) is 14.0. The molecule has 162 valence electrons. The summed E-state index contributed by atoms with van der Waals surface area (Å²) >= 11 is 6.26. The molecule has 3 amide bonds. The molecule has 3 N–H and O–H groups in total. The van der Waals surface area contributed by atoms with Crippen molar-refractivity contribution in [1.82, 2.24) is 15.2 Å². The van der Waals surface area contributed by atoms with Crippen molar-refractivity contribution in [3.8, 4) is 5.19 Å². The van der Waals surface area contributed by atoms with Gasteiger partial charge in [-0.15, -0.1) is 0 Å². The molecule has 2 heterocycles. The molecule has 1 unspecified atom stereocenters. The van der Waals surface area contributed by atoms with Crippen LogP contribution in [0.3, 0.4) is 0 Å². The van der Waals surface area contributed by atoms with Crippen molar-refractivity contribution in [3.05, 3.63) is 45.4 Å².